The van der Waals surface area contributed by atoms with Crippen molar-refractivity contribution in [3.05, 3.63) is 107 Å². The molecule has 3 aromatic rings. The molecule has 5 heteroatoms. The highest BCUT2D eigenvalue weighted by molar-refractivity contribution is 7.79. The van der Waals surface area contributed by atoms with E-state index in [4.69, 9.17) is 0 Å². The summed E-state index contributed by atoms with van der Waals surface area (Å²) in [6.07, 6.45) is 0. The molecule has 1 atom stereocenters. The molecule has 0 saturated heterocycles. The van der Waals surface area contributed by atoms with Crippen LogP contribution in [0.1, 0.15) is 11.2 Å². The van der Waals surface area contributed by atoms with Crippen LogP contribution in [0.2, 0.25) is 0 Å². The summed E-state index contributed by atoms with van der Waals surface area (Å²) in [5, 5.41) is 12.6. The molecule has 0 bridgehead atoms. The van der Waals surface area contributed by atoms with Gasteiger partial charge in [0.25, 0.3) is 0 Å². The van der Waals surface area contributed by atoms with Crippen LogP contribution in [0.4, 0.5) is 0 Å². The second-order valence-corrected chi connectivity index (χ2v) is 8.74. The molecular formula is C20H18NO3P. The van der Waals surface area contributed by atoms with E-state index in [0.29, 0.717) is 10.6 Å². The number of nitro groups is 1. The highest BCUT2D eigenvalue weighted by Crippen LogP contribution is 2.57. The Kier molecular flexibility index (Phi) is 5.11. The van der Waals surface area contributed by atoms with Gasteiger partial charge in [-0.05, 0) is 5.56 Å². The Morgan fingerprint density at radius 1 is 0.760 bits per heavy atom. The van der Waals surface area contributed by atoms with Crippen molar-refractivity contribution >= 4 is 17.8 Å². The lowest BCUT2D eigenvalue weighted by Gasteiger charge is -2.26. The number of nitrogens with zero attached hydrogens (tertiary/aromatic N) is 1. The third-order valence-electron chi connectivity index (χ3n) is 4.22. The number of rotatable bonds is 6. The molecule has 126 valence electrons. The SMILES string of the molecule is O=[N+]([O-])C[C@@H](c1ccccc1)P(=O)(c1ccccc1)c1ccccc1. The first-order valence-electron chi connectivity index (χ1n) is 8.00. The molecule has 0 aliphatic carbocycles. The van der Waals surface area contributed by atoms with Crippen molar-refractivity contribution in [2.75, 3.05) is 6.54 Å². The fraction of sp³-hybridized carbons (Fsp3) is 0.100. The molecule has 0 radical (unpaired) electrons. The Morgan fingerprint density at radius 3 is 1.56 bits per heavy atom. The largest absolute Gasteiger partial charge is 0.313 e. The van der Waals surface area contributed by atoms with Crippen molar-refractivity contribution < 1.29 is 9.49 Å². The zero-order chi connectivity index (χ0) is 17.7. The zero-order valence-electron chi connectivity index (χ0n) is 13.6. The van der Waals surface area contributed by atoms with Crippen molar-refractivity contribution in [1.29, 1.82) is 0 Å². The monoisotopic (exact) mass is 351 g/mol. The Balaban J connectivity index is 2.25. The average molecular weight is 351 g/mol. The molecular weight excluding hydrogens is 333 g/mol. The van der Waals surface area contributed by atoms with Gasteiger partial charge >= 0.3 is 0 Å². The van der Waals surface area contributed by atoms with Crippen LogP contribution >= 0.6 is 7.14 Å². The van der Waals surface area contributed by atoms with E-state index in [1.54, 1.807) is 24.3 Å². The average Bonchev–Trinajstić information content (AvgIpc) is 2.67. The normalized spacial score (nSPS) is 12.5. The van der Waals surface area contributed by atoms with Gasteiger partial charge in [0.1, 0.15) is 5.66 Å². The molecule has 0 saturated carbocycles. The number of hydrogen-bond acceptors (Lipinski definition) is 3. The standard InChI is InChI=1S/C20H18NO3P/c22-21(23)16-20(17-10-4-1-5-11-17)25(24,18-12-6-2-7-13-18)19-14-8-3-9-15-19/h1-15,20H,16H2/t20-/m0/s1. The first kappa shape index (κ1) is 17.1. The molecule has 0 aliphatic heterocycles. The molecule has 0 aliphatic rings. The Hall–Kier alpha value is -2.71. The van der Waals surface area contributed by atoms with Crippen LogP contribution in [0, 0.1) is 10.1 Å². The van der Waals surface area contributed by atoms with E-state index in [1.165, 1.54) is 0 Å². The zero-order valence-corrected chi connectivity index (χ0v) is 14.5. The van der Waals surface area contributed by atoms with Crippen molar-refractivity contribution in [1.82, 2.24) is 0 Å². The Morgan fingerprint density at radius 2 is 1.16 bits per heavy atom. The summed E-state index contributed by atoms with van der Waals surface area (Å²) in [6.45, 7) is -0.384. The van der Waals surface area contributed by atoms with Crippen LogP contribution in [0.25, 0.3) is 0 Å². The van der Waals surface area contributed by atoms with Gasteiger partial charge in [-0.2, -0.15) is 0 Å². The Labute approximate surface area is 146 Å². The van der Waals surface area contributed by atoms with E-state index in [-0.39, 0.29) is 11.5 Å². The summed E-state index contributed by atoms with van der Waals surface area (Å²) < 4.78 is 14.3. The van der Waals surface area contributed by atoms with E-state index < -0.39 is 12.8 Å². The van der Waals surface area contributed by atoms with Crippen LogP contribution in [-0.2, 0) is 4.57 Å². The van der Waals surface area contributed by atoms with Crippen molar-refractivity contribution in [3.63, 3.8) is 0 Å². The highest BCUT2D eigenvalue weighted by atomic mass is 31.2. The second kappa shape index (κ2) is 7.45. The van der Waals surface area contributed by atoms with Crippen molar-refractivity contribution in [2.45, 2.75) is 5.66 Å². The third-order valence-corrected chi connectivity index (χ3v) is 7.69. The molecule has 0 N–H and O–H groups in total. The van der Waals surface area contributed by atoms with Crippen LogP contribution in [0.5, 0.6) is 0 Å². The Bertz CT molecular complexity index is 839. The lowest BCUT2D eigenvalue weighted by atomic mass is 10.1. The van der Waals surface area contributed by atoms with E-state index in [0.717, 1.165) is 5.56 Å². The molecule has 25 heavy (non-hydrogen) atoms. The smallest absolute Gasteiger partial charge is 0.218 e. The van der Waals surface area contributed by atoms with Crippen LogP contribution in [0.3, 0.4) is 0 Å². The van der Waals surface area contributed by atoms with Gasteiger partial charge in [-0.3, -0.25) is 10.1 Å². The van der Waals surface area contributed by atoms with Gasteiger partial charge in [-0.15, -0.1) is 0 Å². The molecule has 3 aromatic carbocycles. The maximum atomic E-state index is 14.3. The van der Waals surface area contributed by atoms with Crippen LogP contribution < -0.4 is 10.6 Å². The van der Waals surface area contributed by atoms with Gasteiger partial charge in [-0.1, -0.05) is 91.0 Å². The summed E-state index contributed by atoms with van der Waals surface area (Å²) in [4.78, 5) is 11.0. The highest BCUT2D eigenvalue weighted by Gasteiger charge is 2.40. The minimum atomic E-state index is -3.25. The van der Waals surface area contributed by atoms with Gasteiger partial charge < -0.3 is 4.57 Å². The summed E-state index contributed by atoms with van der Waals surface area (Å²) in [7, 11) is -3.25. The third kappa shape index (κ3) is 3.54. The van der Waals surface area contributed by atoms with E-state index >= 15 is 0 Å². The summed E-state index contributed by atoms with van der Waals surface area (Å²) in [5.74, 6) is 0. The van der Waals surface area contributed by atoms with Crippen LogP contribution in [-0.4, -0.2) is 11.5 Å². The number of hydrogen-bond donors (Lipinski definition) is 0. The maximum Gasteiger partial charge on any atom is 0.218 e. The minimum Gasteiger partial charge on any atom is -0.313 e. The molecule has 3 rings (SSSR count). The van der Waals surface area contributed by atoms with Gasteiger partial charge in [0.05, 0.1) is 0 Å². The first-order chi connectivity index (χ1) is 12.1. The van der Waals surface area contributed by atoms with E-state index in [2.05, 4.69) is 0 Å². The molecule has 0 spiro atoms. The van der Waals surface area contributed by atoms with E-state index in [9.17, 15) is 14.7 Å². The van der Waals surface area contributed by atoms with Crippen molar-refractivity contribution in [2.24, 2.45) is 0 Å². The predicted octanol–water partition coefficient (Wildman–Crippen LogP) is 4.02. The van der Waals surface area contributed by atoms with Gasteiger partial charge in [0.2, 0.25) is 6.54 Å². The number of benzene rings is 3. The van der Waals surface area contributed by atoms with Gasteiger partial charge in [0, 0.05) is 15.5 Å². The van der Waals surface area contributed by atoms with Crippen LogP contribution in [0.15, 0.2) is 91.0 Å². The summed E-state index contributed by atoms with van der Waals surface area (Å²) >= 11 is 0. The second-order valence-electron chi connectivity index (χ2n) is 5.77. The molecule has 4 nitrogen and oxygen atoms in total. The maximum absolute atomic E-state index is 14.3. The fourth-order valence-electron chi connectivity index (χ4n) is 3.05. The molecule has 0 unspecified atom stereocenters. The molecule has 0 heterocycles. The summed E-state index contributed by atoms with van der Waals surface area (Å²) in [5.41, 5.74) is 0.00346. The van der Waals surface area contributed by atoms with Crippen molar-refractivity contribution in [3.8, 4) is 0 Å². The fourth-order valence-corrected chi connectivity index (χ4v) is 6.26. The molecule has 0 amide bonds. The lowest BCUT2D eigenvalue weighted by Crippen LogP contribution is -2.25. The van der Waals surface area contributed by atoms with Gasteiger partial charge in [0.15, 0.2) is 7.14 Å². The summed E-state index contributed by atoms with van der Waals surface area (Å²) in [6, 6.07) is 27.3. The van der Waals surface area contributed by atoms with E-state index in [1.807, 2.05) is 66.7 Å². The lowest BCUT2D eigenvalue weighted by molar-refractivity contribution is -0.480. The quantitative estimate of drug-likeness (QED) is 0.383. The topological polar surface area (TPSA) is 60.2 Å². The predicted molar refractivity (Wildman–Crippen MR) is 101 cm³/mol. The minimum absolute atomic E-state index is 0.379. The molecule has 0 aromatic heterocycles. The molecule has 0 fully saturated rings. The van der Waals surface area contributed by atoms with Gasteiger partial charge in [-0.25, -0.2) is 0 Å². The first-order valence-corrected chi connectivity index (χ1v) is 9.77.